The SMILES string of the molecule is CCCn1cc(NC(=O)N[C@](CC)(CO)c2ccccc2)ccc1=O. The molecule has 0 bridgehead atoms. The third-order valence-electron chi connectivity index (χ3n) is 4.26. The number of aliphatic hydroxyl groups is 1. The molecule has 2 amide bonds. The van der Waals surface area contributed by atoms with Crippen molar-refractivity contribution in [3.63, 3.8) is 0 Å². The Labute approximate surface area is 147 Å². The molecule has 0 aliphatic carbocycles. The molecule has 0 saturated heterocycles. The van der Waals surface area contributed by atoms with Crippen LogP contribution in [0.25, 0.3) is 0 Å². The summed E-state index contributed by atoms with van der Waals surface area (Å²) < 4.78 is 1.56. The number of hydrogen-bond donors (Lipinski definition) is 3. The van der Waals surface area contributed by atoms with Gasteiger partial charge in [0.25, 0.3) is 5.56 Å². The smallest absolute Gasteiger partial charge is 0.320 e. The van der Waals surface area contributed by atoms with Gasteiger partial charge in [0.15, 0.2) is 0 Å². The van der Waals surface area contributed by atoms with Crippen LogP contribution in [0.1, 0.15) is 32.3 Å². The number of urea groups is 1. The summed E-state index contributed by atoms with van der Waals surface area (Å²) in [5, 5.41) is 15.5. The third-order valence-corrected chi connectivity index (χ3v) is 4.26. The normalized spacial score (nSPS) is 13.1. The number of aliphatic hydroxyl groups excluding tert-OH is 1. The Bertz CT molecular complexity index is 752. The minimum Gasteiger partial charge on any atom is -0.394 e. The Hall–Kier alpha value is -2.60. The molecule has 0 saturated carbocycles. The lowest BCUT2D eigenvalue weighted by molar-refractivity contribution is 0.159. The van der Waals surface area contributed by atoms with Crippen molar-refractivity contribution in [2.45, 2.75) is 38.8 Å². The molecule has 2 rings (SSSR count). The minimum atomic E-state index is -0.858. The number of carbonyl (C=O) groups is 1. The topological polar surface area (TPSA) is 83.4 Å². The van der Waals surface area contributed by atoms with Crippen molar-refractivity contribution in [3.8, 4) is 0 Å². The van der Waals surface area contributed by atoms with Crippen LogP contribution in [0.15, 0.2) is 53.5 Å². The molecule has 1 aromatic carbocycles. The van der Waals surface area contributed by atoms with E-state index in [9.17, 15) is 14.7 Å². The first-order valence-corrected chi connectivity index (χ1v) is 8.50. The Kier molecular flexibility index (Phi) is 6.36. The lowest BCUT2D eigenvalue weighted by Gasteiger charge is -2.32. The van der Waals surface area contributed by atoms with Gasteiger partial charge in [-0.3, -0.25) is 4.79 Å². The fourth-order valence-electron chi connectivity index (χ4n) is 2.77. The number of aromatic nitrogens is 1. The molecule has 3 N–H and O–H groups in total. The second kappa shape index (κ2) is 8.48. The van der Waals surface area contributed by atoms with Gasteiger partial charge in [-0.05, 0) is 24.5 Å². The van der Waals surface area contributed by atoms with Crippen molar-refractivity contribution >= 4 is 11.7 Å². The van der Waals surface area contributed by atoms with Crippen molar-refractivity contribution in [2.75, 3.05) is 11.9 Å². The third kappa shape index (κ3) is 4.48. The Morgan fingerprint density at radius 2 is 1.88 bits per heavy atom. The largest absolute Gasteiger partial charge is 0.394 e. The zero-order valence-corrected chi connectivity index (χ0v) is 14.7. The van der Waals surface area contributed by atoms with E-state index in [-0.39, 0.29) is 12.2 Å². The van der Waals surface area contributed by atoms with Crippen LogP contribution >= 0.6 is 0 Å². The van der Waals surface area contributed by atoms with Crippen LogP contribution in [0.3, 0.4) is 0 Å². The first-order chi connectivity index (χ1) is 12.0. The van der Waals surface area contributed by atoms with Crippen LogP contribution in [0.2, 0.25) is 0 Å². The average molecular weight is 343 g/mol. The maximum atomic E-state index is 12.5. The second-order valence-corrected chi connectivity index (χ2v) is 5.99. The molecule has 0 unspecified atom stereocenters. The highest BCUT2D eigenvalue weighted by atomic mass is 16.3. The van der Waals surface area contributed by atoms with Gasteiger partial charge in [0.05, 0.1) is 17.8 Å². The number of aryl methyl sites for hydroxylation is 1. The summed E-state index contributed by atoms with van der Waals surface area (Å²) in [5.74, 6) is 0. The fraction of sp³-hybridized carbons (Fsp3) is 0.368. The van der Waals surface area contributed by atoms with E-state index in [1.165, 1.54) is 6.07 Å². The van der Waals surface area contributed by atoms with Gasteiger partial charge >= 0.3 is 6.03 Å². The van der Waals surface area contributed by atoms with Gasteiger partial charge in [0, 0.05) is 18.8 Å². The maximum absolute atomic E-state index is 12.5. The van der Waals surface area contributed by atoms with E-state index in [1.54, 1.807) is 16.8 Å². The van der Waals surface area contributed by atoms with Crippen LogP contribution in [-0.4, -0.2) is 22.3 Å². The van der Waals surface area contributed by atoms with E-state index in [0.717, 1.165) is 12.0 Å². The quantitative estimate of drug-likeness (QED) is 0.723. The Morgan fingerprint density at radius 3 is 2.48 bits per heavy atom. The second-order valence-electron chi connectivity index (χ2n) is 5.99. The molecule has 6 nitrogen and oxygen atoms in total. The minimum absolute atomic E-state index is 0.102. The zero-order chi connectivity index (χ0) is 18.3. The number of amides is 2. The molecule has 134 valence electrons. The average Bonchev–Trinajstić information content (AvgIpc) is 2.63. The van der Waals surface area contributed by atoms with E-state index in [0.29, 0.717) is 18.7 Å². The first kappa shape index (κ1) is 18.7. The van der Waals surface area contributed by atoms with Gasteiger partial charge in [-0.15, -0.1) is 0 Å². The van der Waals surface area contributed by atoms with Crippen molar-refractivity contribution in [2.24, 2.45) is 0 Å². The summed E-state index contributed by atoms with van der Waals surface area (Å²) in [7, 11) is 0. The van der Waals surface area contributed by atoms with Crippen molar-refractivity contribution in [1.82, 2.24) is 9.88 Å². The van der Waals surface area contributed by atoms with Gasteiger partial charge < -0.3 is 20.3 Å². The van der Waals surface area contributed by atoms with Gasteiger partial charge in [-0.1, -0.05) is 44.2 Å². The van der Waals surface area contributed by atoms with Gasteiger partial charge in [-0.25, -0.2) is 4.79 Å². The summed E-state index contributed by atoms with van der Waals surface area (Å²) >= 11 is 0. The van der Waals surface area contributed by atoms with Crippen LogP contribution < -0.4 is 16.2 Å². The van der Waals surface area contributed by atoms with Gasteiger partial charge in [0.2, 0.25) is 0 Å². The van der Waals surface area contributed by atoms with Crippen LogP contribution in [0.4, 0.5) is 10.5 Å². The highest BCUT2D eigenvalue weighted by Gasteiger charge is 2.31. The highest BCUT2D eigenvalue weighted by Crippen LogP contribution is 2.24. The zero-order valence-electron chi connectivity index (χ0n) is 14.7. The molecule has 0 radical (unpaired) electrons. The Balaban J connectivity index is 2.17. The monoisotopic (exact) mass is 343 g/mol. The number of nitrogens with zero attached hydrogens (tertiary/aromatic N) is 1. The highest BCUT2D eigenvalue weighted by molar-refractivity contribution is 5.89. The summed E-state index contributed by atoms with van der Waals surface area (Å²) in [6, 6.07) is 12.0. The predicted octanol–water partition coefficient (Wildman–Crippen LogP) is 2.68. The number of hydrogen-bond acceptors (Lipinski definition) is 3. The molecule has 25 heavy (non-hydrogen) atoms. The summed E-state index contributed by atoms with van der Waals surface area (Å²) in [6.45, 7) is 4.27. The van der Waals surface area contributed by atoms with Crippen molar-refractivity contribution in [1.29, 1.82) is 0 Å². The summed E-state index contributed by atoms with van der Waals surface area (Å²) in [4.78, 5) is 24.2. The van der Waals surface area contributed by atoms with E-state index in [1.807, 2.05) is 44.2 Å². The van der Waals surface area contributed by atoms with Gasteiger partial charge in [0.1, 0.15) is 0 Å². The van der Waals surface area contributed by atoms with E-state index in [4.69, 9.17) is 0 Å². The molecule has 1 heterocycles. The molecular formula is C19H25N3O3. The molecule has 2 aromatic rings. The van der Waals surface area contributed by atoms with Crippen molar-refractivity contribution in [3.05, 3.63) is 64.6 Å². The van der Waals surface area contributed by atoms with Crippen molar-refractivity contribution < 1.29 is 9.90 Å². The number of benzene rings is 1. The molecule has 1 aromatic heterocycles. The predicted molar refractivity (Wildman–Crippen MR) is 98.6 cm³/mol. The number of pyridine rings is 1. The van der Waals surface area contributed by atoms with Crippen LogP contribution in [0.5, 0.6) is 0 Å². The Morgan fingerprint density at radius 1 is 1.16 bits per heavy atom. The molecule has 0 fully saturated rings. The lowest BCUT2D eigenvalue weighted by Crippen LogP contribution is -2.50. The fourth-order valence-corrected chi connectivity index (χ4v) is 2.77. The summed E-state index contributed by atoms with van der Waals surface area (Å²) in [5.41, 5.74) is 0.409. The summed E-state index contributed by atoms with van der Waals surface area (Å²) in [6.07, 6.45) is 2.99. The van der Waals surface area contributed by atoms with E-state index in [2.05, 4.69) is 10.6 Å². The molecule has 6 heteroatoms. The van der Waals surface area contributed by atoms with Crippen LogP contribution in [0, 0.1) is 0 Å². The van der Waals surface area contributed by atoms with E-state index < -0.39 is 11.6 Å². The molecule has 0 aliphatic rings. The van der Waals surface area contributed by atoms with Gasteiger partial charge in [-0.2, -0.15) is 0 Å². The van der Waals surface area contributed by atoms with E-state index >= 15 is 0 Å². The lowest BCUT2D eigenvalue weighted by atomic mass is 9.88. The maximum Gasteiger partial charge on any atom is 0.320 e. The molecule has 1 atom stereocenters. The number of nitrogens with one attached hydrogen (secondary N) is 2. The molecular weight excluding hydrogens is 318 g/mol. The number of anilines is 1. The number of rotatable bonds is 7. The molecule has 0 aliphatic heterocycles. The standard InChI is InChI=1S/C19H25N3O3/c1-3-12-22-13-16(10-11-17(22)24)20-18(25)21-19(4-2,14-23)15-8-6-5-7-9-15/h5-11,13,23H,3-4,12,14H2,1-2H3,(H2,20,21,25)/t19-/m1/s1. The number of carbonyl (C=O) groups excluding carboxylic acids is 1. The molecule has 0 spiro atoms. The van der Waals surface area contributed by atoms with Crippen LogP contribution in [-0.2, 0) is 12.1 Å². The first-order valence-electron chi connectivity index (χ1n) is 8.50.